The van der Waals surface area contributed by atoms with E-state index in [1.54, 1.807) is 11.3 Å². The average Bonchev–Trinajstić information content (AvgIpc) is 3.05. The van der Waals surface area contributed by atoms with Gasteiger partial charge >= 0.3 is 0 Å². The molecule has 0 aliphatic heterocycles. The molecule has 0 saturated carbocycles. The van der Waals surface area contributed by atoms with Crippen LogP contribution in [0.2, 0.25) is 5.02 Å². The van der Waals surface area contributed by atoms with E-state index in [1.165, 1.54) is 0 Å². The van der Waals surface area contributed by atoms with Gasteiger partial charge in [-0.15, -0.1) is 11.3 Å². The van der Waals surface area contributed by atoms with Gasteiger partial charge in [-0.25, -0.2) is 4.98 Å². The van der Waals surface area contributed by atoms with Crippen LogP contribution in [0.25, 0.3) is 21.8 Å². The molecule has 0 radical (unpaired) electrons. The first kappa shape index (κ1) is 17.6. The fraction of sp³-hybridized carbons (Fsp3) is 0.200. The van der Waals surface area contributed by atoms with E-state index < -0.39 is 5.41 Å². The van der Waals surface area contributed by atoms with Crippen molar-refractivity contribution in [2.24, 2.45) is 5.41 Å². The van der Waals surface area contributed by atoms with Gasteiger partial charge in [0.2, 0.25) is 5.91 Å². The van der Waals surface area contributed by atoms with Crippen LogP contribution in [0, 0.1) is 5.41 Å². The first-order chi connectivity index (χ1) is 11.8. The number of amides is 1. The zero-order chi connectivity index (χ0) is 18.0. The number of aromatic nitrogens is 1. The number of carbonyl (C=O) groups is 1. The van der Waals surface area contributed by atoms with E-state index in [1.807, 2.05) is 74.7 Å². The first-order valence-electron chi connectivity index (χ1n) is 7.96. The van der Waals surface area contributed by atoms with Crippen molar-refractivity contribution in [3.05, 3.63) is 58.9 Å². The number of thiazole rings is 1. The summed E-state index contributed by atoms with van der Waals surface area (Å²) in [5.41, 5.74) is 3.25. The Bertz CT molecular complexity index is 895. The van der Waals surface area contributed by atoms with Crippen molar-refractivity contribution in [2.75, 3.05) is 5.32 Å². The van der Waals surface area contributed by atoms with Crippen LogP contribution in [0.5, 0.6) is 0 Å². The molecule has 0 aliphatic carbocycles. The Morgan fingerprint density at radius 1 is 1.08 bits per heavy atom. The van der Waals surface area contributed by atoms with Gasteiger partial charge in [0.05, 0.1) is 5.69 Å². The average molecular weight is 371 g/mol. The van der Waals surface area contributed by atoms with Gasteiger partial charge in [0.15, 0.2) is 0 Å². The quantitative estimate of drug-likeness (QED) is 0.603. The Morgan fingerprint density at radius 3 is 2.48 bits per heavy atom. The lowest BCUT2D eigenvalue weighted by Gasteiger charge is -2.17. The molecule has 128 valence electrons. The summed E-state index contributed by atoms with van der Waals surface area (Å²) < 4.78 is 0. The molecule has 3 nitrogen and oxygen atoms in total. The van der Waals surface area contributed by atoms with E-state index in [2.05, 4.69) is 5.32 Å². The Labute approximate surface area is 156 Å². The molecule has 5 heteroatoms. The van der Waals surface area contributed by atoms with E-state index in [4.69, 9.17) is 16.6 Å². The van der Waals surface area contributed by atoms with Crippen LogP contribution in [0.15, 0.2) is 53.9 Å². The lowest BCUT2D eigenvalue weighted by molar-refractivity contribution is -0.123. The molecule has 1 amide bonds. The minimum atomic E-state index is -0.432. The predicted octanol–water partition coefficient (Wildman–Crippen LogP) is 6.12. The second-order valence-corrected chi connectivity index (χ2v) is 8.12. The molecular formula is C20H19ClN2OS. The summed E-state index contributed by atoms with van der Waals surface area (Å²) in [5, 5.41) is 6.63. The fourth-order valence-electron chi connectivity index (χ4n) is 2.21. The second kappa shape index (κ2) is 6.98. The molecule has 1 N–H and O–H groups in total. The van der Waals surface area contributed by atoms with Gasteiger partial charge in [-0.2, -0.15) is 0 Å². The maximum absolute atomic E-state index is 12.2. The van der Waals surface area contributed by atoms with Crippen molar-refractivity contribution in [1.82, 2.24) is 4.98 Å². The van der Waals surface area contributed by atoms with E-state index in [-0.39, 0.29) is 5.91 Å². The SMILES string of the molecule is CC(C)(C)C(=O)Nc1cccc(-c2csc(-c3ccc(Cl)cc3)n2)c1. The highest BCUT2D eigenvalue weighted by molar-refractivity contribution is 7.13. The number of rotatable bonds is 3. The number of hydrogen-bond donors (Lipinski definition) is 1. The highest BCUT2D eigenvalue weighted by Gasteiger charge is 2.21. The van der Waals surface area contributed by atoms with Gasteiger partial charge in [-0.3, -0.25) is 4.79 Å². The first-order valence-corrected chi connectivity index (χ1v) is 9.22. The summed E-state index contributed by atoms with van der Waals surface area (Å²) in [4.78, 5) is 16.9. The van der Waals surface area contributed by atoms with E-state index in [0.29, 0.717) is 5.02 Å². The minimum absolute atomic E-state index is 0.00946. The van der Waals surface area contributed by atoms with Crippen molar-refractivity contribution in [2.45, 2.75) is 20.8 Å². The maximum atomic E-state index is 12.2. The minimum Gasteiger partial charge on any atom is -0.326 e. The Balaban J connectivity index is 1.84. The summed E-state index contributed by atoms with van der Waals surface area (Å²) in [6.07, 6.45) is 0. The monoisotopic (exact) mass is 370 g/mol. The molecule has 0 aliphatic rings. The third-order valence-electron chi connectivity index (χ3n) is 3.69. The number of benzene rings is 2. The maximum Gasteiger partial charge on any atom is 0.229 e. The van der Waals surface area contributed by atoms with Crippen molar-refractivity contribution in [3.8, 4) is 21.8 Å². The summed E-state index contributed by atoms with van der Waals surface area (Å²) in [6.45, 7) is 5.68. The molecule has 25 heavy (non-hydrogen) atoms. The van der Waals surface area contributed by atoms with Crippen molar-refractivity contribution < 1.29 is 4.79 Å². The van der Waals surface area contributed by atoms with Gasteiger partial charge in [-0.05, 0) is 24.3 Å². The van der Waals surface area contributed by atoms with Crippen LogP contribution in [-0.2, 0) is 4.79 Å². The standard InChI is InChI=1S/C20H19ClN2OS/c1-20(2,3)19(24)22-16-6-4-5-14(11-16)17-12-25-18(23-17)13-7-9-15(21)10-8-13/h4-12H,1-3H3,(H,22,24). The fourth-order valence-corrected chi connectivity index (χ4v) is 3.17. The topological polar surface area (TPSA) is 42.0 Å². The third kappa shape index (κ3) is 4.27. The lowest BCUT2D eigenvalue weighted by Crippen LogP contribution is -2.27. The smallest absolute Gasteiger partial charge is 0.229 e. The summed E-state index contributed by atoms with van der Waals surface area (Å²) in [7, 11) is 0. The molecule has 0 unspecified atom stereocenters. The normalized spacial score (nSPS) is 11.4. The van der Waals surface area contributed by atoms with Crippen molar-refractivity contribution in [3.63, 3.8) is 0 Å². The zero-order valence-electron chi connectivity index (χ0n) is 14.3. The highest BCUT2D eigenvalue weighted by Crippen LogP contribution is 2.30. The molecule has 0 saturated heterocycles. The van der Waals surface area contributed by atoms with Crippen LogP contribution >= 0.6 is 22.9 Å². The van der Waals surface area contributed by atoms with Gasteiger partial charge in [0.1, 0.15) is 5.01 Å². The van der Waals surface area contributed by atoms with Crippen LogP contribution in [-0.4, -0.2) is 10.9 Å². The number of carbonyl (C=O) groups excluding carboxylic acids is 1. The summed E-state index contributed by atoms with van der Waals surface area (Å²) in [6, 6.07) is 15.4. The van der Waals surface area contributed by atoms with Crippen LogP contribution in [0.4, 0.5) is 5.69 Å². The van der Waals surface area contributed by atoms with Crippen LogP contribution < -0.4 is 5.32 Å². The molecule has 0 fully saturated rings. The van der Waals surface area contributed by atoms with Crippen LogP contribution in [0.3, 0.4) is 0 Å². The Kier molecular flexibility index (Phi) is 4.93. The van der Waals surface area contributed by atoms with Gasteiger partial charge < -0.3 is 5.32 Å². The molecule has 0 atom stereocenters. The number of halogens is 1. The number of nitrogens with zero attached hydrogens (tertiary/aromatic N) is 1. The van der Waals surface area contributed by atoms with Gasteiger partial charge in [0.25, 0.3) is 0 Å². The molecule has 3 rings (SSSR count). The number of hydrogen-bond acceptors (Lipinski definition) is 3. The van der Waals surface area contributed by atoms with Crippen molar-refractivity contribution in [1.29, 1.82) is 0 Å². The predicted molar refractivity (Wildman–Crippen MR) is 106 cm³/mol. The Hall–Kier alpha value is -2.17. The van der Waals surface area contributed by atoms with Crippen LogP contribution in [0.1, 0.15) is 20.8 Å². The second-order valence-electron chi connectivity index (χ2n) is 6.83. The Morgan fingerprint density at radius 2 is 1.80 bits per heavy atom. The van der Waals surface area contributed by atoms with Gasteiger partial charge in [-0.1, -0.05) is 56.6 Å². The lowest BCUT2D eigenvalue weighted by atomic mass is 9.95. The van der Waals surface area contributed by atoms with Gasteiger partial charge in [0, 0.05) is 32.6 Å². The molecule has 3 aromatic rings. The van der Waals surface area contributed by atoms with E-state index in [9.17, 15) is 4.79 Å². The third-order valence-corrected chi connectivity index (χ3v) is 4.84. The molecule has 2 aromatic carbocycles. The highest BCUT2D eigenvalue weighted by atomic mass is 35.5. The van der Waals surface area contributed by atoms with E-state index >= 15 is 0 Å². The molecule has 1 heterocycles. The molecule has 1 aromatic heterocycles. The summed E-state index contributed by atoms with van der Waals surface area (Å²) >= 11 is 7.53. The number of nitrogens with one attached hydrogen (secondary N) is 1. The molecule has 0 spiro atoms. The molecular weight excluding hydrogens is 352 g/mol. The zero-order valence-corrected chi connectivity index (χ0v) is 15.9. The van der Waals surface area contributed by atoms with Crippen molar-refractivity contribution >= 4 is 34.5 Å². The number of anilines is 1. The van der Waals surface area contributed by atoms with E-state index in [0.717, 1.165) is 27.5 Å². The molecule has 0 bridgehead atoms. The largest absolute Gasteiger partial charge is 0.326 e. The summed E-state index contributed by atoms with van der Waals surface area (Å²) in [5.74, 6) is -0.00946.